The maximum Gasteiger partial charge on any atom is 0.387 e. The van der Waals surface area contributed by atoms with Crippen molar-refractivity contribution in [2.75, 3.05) is 38.6 Å². The normalized spacial score (nSPS) is 17.0. The molecule has 0 radical (unpaired) electrons. The first-order valence-corrected chi connectivity index (χ1v) is 16.6. The number of nitrogens with one attached hydrogen (secondary N) is 1. The molecule has 1 aromatic heterocycles. The highest BCUT2D eigenvalue weighted by Gasteiger charge is 2.30. The number of imidazole rings is 1. The van der Waals surface area contributed by atoms with Gasteiger partial charge in [-0.3, -0.25) is 4.90 Å². The molecule has 1 atom stereocenters. The molecule has 0 spiro atoms. The molecule has 1 saturated heterocycles. The Kier molecular flexibility index (Phi) is 8.94. The number of halogens is 4. The van der Waals surface area contributed by atoms with Crippen molar-refractivity contribution < 1.29 is 26.7 Å². The SMILES string of the molecule is O=S(=O)(CC1CC1)c1ccc(C(CCN2CCOCC2)c2nc3c(Cl)c(-c4ccccc4OC(F)F)c(Cl)cc3[nH]2)cc1. The number of hydrogen-bond donors (Lipinski definition) is 1. The predicted octanol–water partition coefficient (Wildman–Crippen LogP) is 7.18. The number of sulfone groups is 1. The highest BCUT2D eigenvalue weighted by atomic mass is 35.5. The van der Waals surface area contributed by atoms with Gasteiger partial charge >= 0.3 is 6.61 Å². The molecule has 3 aromatic carbocycles. The van der Waals surface area contributed by atoms with Gasteiger partial charge in [-0.2, -0.15) is 8.78 Å². The smallest absolute Gasteiger partial charge is 0.387 e. The zero-order chi connectivity index (χ0) is 30.1. The molecule has 228 valence electrons. The van der Waals surface area contributed by atoms with E-state index in [4.69, 9.17) is 37.7 Å². The number of aromatic amines is 1. The van der Waals surface area contributed by atoms with Crippen LogP contribution in [0.15, 0.2) is 59.5 Å². The summed E-state index contributed by atoms with van der Waals surface area (Å²) in [6.45, 7) is 0.783. The van der Waals surface area contributed by atoms with Crippen molar-refractivity contribution in [2.24, 2.45) is 5.92 Å². The van der Waals surface area contributed by atoms with E-state index in [0.29, 0.717) is 52.5 Å². The van der Waals surface area contributed by atoms with Gasteiger partial charge in [0.25, 0.3) is 0 Å². The molecule has 4 aromatic rings. The summed E-state index contributed by atoms with van der Waals surface area (Å²) in [4.78, 5) is 10.9. The third-order valence-corrected chi connectivity index (χ3v) is 10.6. The Hall–Kier alpha value is -2.76. The number of benzene rings is 3. The number of H-pyrrole nitrogens is 1. The molecule has 1 aliphatic heterocycles. The lowest BCUT2D eigenvalue weighted by Crippen LogP contribution is -2.37. The minimum Gasteiger partial charge on any atom is -0.434 e. The van der Waals surface area contributed by atoms with Crippen molar-refractivity contribution in [3.8, 4) is 16.9 Å². The van der Waals surface area contributed by atoms with E-state index in [2.05, 4.69) is 9.88 Å². The average molecular weight is 651 g/mol. The summed E-state index contributed by atoms with van der Waals surface area (Å²) in [5, 5.41) is 0.469. The highest BCUT2D eigenvalue weighted by molar-refractivity contribution is 7.91. The molecule has 12 heteroatoms. The molecule has 2 heterocycles. The van der Waals surface area contributed by atoms with Crippen LogP contribution in [0, 0.1) is 5.92 Å². The van der Waals surface area contributed by atoms with E-state index in [9.17, 15) is 17.2 Å². The standard InChI is InChI=1S/C31H31Cl2F2N3O4S/c32-24-17-25-29(28(33)27(24)23-3-1-2-4-26(23)42-31(34)35)37-30(36-25)22(11-12-38-13-15-41-16-14-38)20-7-9-21(10-8-20)43(39,40)18-19-5-6-19/h1-4,7-10,17,19,22,31H,5-6,11-16,18H2,(H,36,37). The zero-order valence-electron chi connectivity index (χ0n) is 23.2. The van der Waals surface area contributed by atoms with Gasteiger partial charge in [0, 0.05) is 30.1 Å². The van der Waals surface area contributed by atoms with E-state index in [1.165, 1.54) is 6.07 Å². The highest BCUT2D eigenvalue weighted by Crippen LogP contribution is 2.44. The Balaban J connectivity index is 1.37. The van der Waals surface area contributed by atoms with Crippen LogP contribution in [0.3, 0.4) is 0 Å². The number of morpholine rings is 1. The van der Waals surface area contributed by atoms with E-state index in [1.54, 1.807) is 36.4 Å². The monoisotopic (exact) mass is 649 g/mol. The average Bonchev–Trinajstić information content (AvgIpc) is 3.69. The summed E-state index contributed by atoms with van der Waals surface area (Å²) < 4.78 is 62.2. The minimum absolute atomic E-state index is 0.0449. The quantitative estimate of drug-likeness (QED) is 0.185. The second-order valence-corrected chi connectivity index (χ2v) is 13.8. The summed E-state index contributed by atoms with van der Waals surface area (Å²) in [6.07, 6.45) is 2.63. The topological polar surface area (TPSA) is 84.5 Å². The molecule has 2 fully saturated rings. The molecule has 7 nitrogen and oxygen atoms in total. The number of para-hydroxylation sites is 1. The van der Waals surface area contributed by atoms with Crippen molar-refractivity contribution in [1.29, 1.82) is 0 Å². The van der Waals surface area contributed by atoms with Crippen molar-refractivity contribution >= 4 is 44.1 Å². The van der Waals surface area contributed by atoms with Crippen LogP contribution in [0.4, 0.5) is 8.78 Å². The summed E-state index contributed by atoms with van der Waals surface area (Å²) in [5.74, 6) is 0.837. The maximum absolute atomic E-state index is 13.1. The molecule has 2 aliphatic rings. The Morgan fingerprint density at radius 1 is 1.07 bits per heavy atom. The molecule has 6 rings (SSSR count). The molecule has 1 N–H and O–H groups in total. The number of aromatic nitrogens is 2. The fourth-order valence-electron chi connectivity index (χ4n) is 5.58. The van der Waals surface area contributed by atoms with Crippen molar-refractivity contribution in [2.45, 2.75) is 36.7 Å². The summed E-state index contributed by atoms with van der Waals surface area (Å²) in [7, 11) is -3.34. The molecule has 0 amide bonds. The van der Waals surface area contributed by atoms with Crippen LogP contribution in [0.25, 0.3) is 22.2 Å². The van der Waals surface area contributed by atoms with Gasteiger partial charge in [-0.1, -0.05) is 53.5 Å². The van der Waals surface area contributed by atoms with Gasteiger partial charge < -0.3 is 14.5 Å². The first-order chi connectivity index (χ1) is 20.7. The predicted molar refractivity (Wildman–Crippen MR) is 163 cm³/mol. The van der Waals surface area contributed by atoms with Gasteiger partial charge in [-0.15, -0.1) is 0 Å². The molecular weight excluding hydrogens is 619 g/mol. The van der Waals surface area contributed by atoms with Crippen LogP contribution in [0.5, 0.6) is 5.75 Å². The molecule has 1 saturated carbocycles. The lowest BCUT2D eigenvalue weighted by Gasteiger charge is -2.28. The van der Waals surface area contributed by atoms with Crippen molar-refractivity contribution in [1.82, 2.24) is 14.9 Å². The van der Waals surface area contributed by atoms with E-state index < -0.39 is 16.4 Å². The van der Waals surface area contributed by atoms with Crippen molar-refractivity contribution in [3.63, 3.8) is 0 Å². The third kappa shape index (κ3) is 6.83. The van der Waals surface area contributed by atoms with Crippen LogP contribution in [0.1, 0.15) is 36.6 Å². The van der Waals surface area contributed by atoms with Gasteiger partial charge in [0.15, 0.2) is 9.84 Å². The number of fused-ring (bicyclic) bond motifs is 1. The number of hydrogen-bond acceptors (Lipinski definition) is 6. The third-order valence-electron chi connectivity index (χ3n) is 8.02. The lowest BCUT2D eigenvalue weighted by atomic mass is 9.94. The Bertz CT molecular complexity index is 1710. The van der Waals surface area contributed by atoms with Crippen LogP contribution >= 0.6 is 23.2 Å². The van der Waals surface area contributed by atoms with Gasteiger partial charge in [-0.05, 0) is 61.6 Å². The van der Waals surface area contributed by atoms with E-state index >= 15 is 0 Å². The summed E-state index contributed by atoms with van der Waals surface area (Å²) in [6, 6.07) is 15.1. The Morgan fingerprint density at radius 2 is 1.79 bits per heavy atom. The Labute approximate surface area is 259 Å². The largest absolute Gasteiger partial charge is 0.434 e. The van der Waals surface area contributed by atoms with Gasteiger partial charge in [-0.25, -0.2) is 13.4 Å². The van der Waals surface area contributed by atoms with E-state index in [1.807, 2.05) is 12.1 Å². The maximum atomic E-state index is 13.1. The number of nitrogens with zero attached hydrogens (tertiary/aromatic N) is 2. The van der Waals surface area contributed by atoms with Gasteiger partial charge in [0.2, 0.25) is 0 Å². The van der Waals surface area contributed by atoms with Crippen LogP contribution in [-0.4, -0.2) is 68.5 Å². The van der Waals surface area contributed by atoms with E-state index in [-0.39, 0.29) is 33.4 Å². The Morgan fingerprint density at radius 3 is 2.49 bits per heavy atom. The van der Waals surface area contributed by atoms with Crippen LogP contribution in [0.2, 0.25) is 10.0 Å². The summed E-state index contributed by atoms with van der Waals surface area (Å²) in [5.41, 5.74) is 2.64. The second kappa shape index (κ2) is 12.7. The fraction of sp³-hybridized carbons (Fsp3) is 0.387. The molecule has 43 heavy (non-hydrogen) atoms. The molecule has 1 aliphatic carbocycles. The number of rotatable bonds is 11. The number of alkyl halides is 2. The fourth-order valence-corrected chi connectivity index (χ4v) is 7.98. The molecule has 0 bridgehead atoms. The first kappa shape index (κ1) is 30.3. The van der Waals surface area contributed by atoms with Crippen molar-refractivity contribution in [3.05, 3.63) is 76.0 Å². The second-order valence-electron chi connectivity index (χ2n) is 11.0. The molecular formula is C31H31Cl2F2N3O4S. The van der Waals surface area contributed by atoms with Gasteiger partial charge in [0.1, 0.15) is 17.1 Å². The van der Waals surface area contributed by atoms with E-state index in [0.717, 1.165) is 38.0 Å². The molecule has 1 unspecified atom stereocenters. The first-order valence-electron chi connectivity index (χ1n) is 14.2. The number of ether oxygens (including phenoxy) is 2. The minimum atomic E-state index is -3.34. The van der Waals surface area contributed by atoms with Crippen LogP contribution in [-0.2, 0) is 14.6 Å². The summed E-state index contributed by atoms with van der Waals surface area (Å²) >= 11 is 13.5. The van der Waals surface area contributed by atoms with Gasteiger partial charge in [0.05, 0.1) is 39.4 Å². The van der Waals surface area contributed by atoms with Crippen LogP contribution < -0.4 is 4.74 Å². The zero-order valence-corrected chi connectivity index (χ0v) is 25.6. The lowest BCUT2D eigenvalue weighted by molar-refractivity contribution is -0.0494.